The van der Waals surface area contributed by atoms with E-state index in [4.69, 9.17) is 0 Å². The van der Waals surface area contributed by atoms with E-state index in [2.05, 4.69) is 16.0 Å². The Morgan fingerprint density at radius 3 is 2.71 bits per heavy atom. The van der Waals surface area contributed by atoms with Crippen LogP contribution in [-0.4, -0.2) is 30.3 Å². The molecule has 1 aliphatic carbocycles. The van der Waals surface area contributed by atoms with E-state index in [0.717, 1.165) is 11.7 Å². The van der Waals surface area contributed by atoms with Gasteiger partial charge in [-0.15, -0.1) is 0 Å². The van der Waals surface area contributed by atoms with Crippen LogP contribution in [0.2, 0.25) is 0 Å². The molecule has 3 heteroatoms. The Bertz CT molecular complexity index is 323. The maximum atomic E-state index is 4.29. The molecule has 1 aromatic heterocycles. The van der Waals surface area contributed by atoms with Gasteiger partial charge in [0.25, 0.3) is 0 Å². The van der Waals surface area contributed by atoms with Crippen molar-refractivity contribution in [3.8, 4) is 0 Å². The molecule has 1 saturated carbocycles. The molecule has 0 N–H and O–H groups in total. The van der Waals surface area contributed by atoms with Crippen LogP contribution in [-0.2, 0) is 0 Å². The quantitative estimate of drug-likeness (QED) is 0.538. The van der Waals surface area contributed by atoms with E-state index in [-0.39, 0.29) is 0 Å². The van der Waals surface area contributed by atoms with Crippen LogP contribution >= 0.6 is 0 Å². The minimum absolute atomic E-state index is 0.773. The summed E-state index contributed by atoms with van der Waals surface area (Å²) in [5, 5.41) is 0. The van der Waals surface area contributed by atoms with Crippen molar-refractivity contribution in [1.29, 1.82) is 0 Å². The highest BCUT2D eigenvalue weighted by Gasteiger charge is 2.23. The van der Waals surface area contributed by atoms with Crippen molar-refractivity contribution < 1.29 is 0 Å². The first-order chi connectivity index (χ1) is 6.75. The fourth-order valence-electron chi connectivity index (χ4n) is 1.31. The lowest BCUT2D eigenvalue weighted by Gasteiger charge is -2.02. The minimum Gasteiger partial charge on any atom is -0.369 e. The van der Waals surface area contributed by atoms with Gasteiger partial charge in [-0.3, -0.25) is 0 Å². The molecule has 14 heavy (non-hydrogen) atoms. The summed E-state index contributed by atoms with van der Waals surface area (Å²) in [6.07, 6.45) is 6.35. The van der Waals surface area contributed by atoms with Crippen molar-refractivity contribution in [3.63, 3.8) is 0 Å². The van der Waals surface area contributed by atoms with Crippen molar-refractivity contribution in [2.75, 3.05) is 14.1 Å². The van der Waals surface area contributed by atoms with Crippen LogP contribution in [0, 0.1) is 0 Å². The number of hydrogen-bond donors (Lipinski definition) is 0. The average Bonchev–Trinajstić information content (AvgIpc) is 2.99. The lowest BCUT2D eigenvalue weighted by Crippen LogP contribution is -2.07. The summed E-state index contributed by atoms with van der Waals surface area (Å²) in [6.45, 7) is 0. The molecule has 1 aliphatic rings. The van der Waals surface area contributed by atoms with Crippen LogP contribution < -0.4 is 0 Å². The second kappa shape index (κ2) is 3.78. The van der Waals surface area contributed by atoms with Crippen molar-refractivity contribution in [2.45, 2.75) is 18.8 Å². The molecule has 1 heterocycles. The summed E-state index contributed by atoms with van der Waals surface area (Å²) in [5.41, 5.74) is 1.36. The predicted molar refractivity (Wildman–Crippen MR) is 58.1 cm³/mol. The zero-order valence-corrected chi connectivity index (χ0v) is 8.64. The molecule has 2 rings (SSSR count). The predicted octanol–water partition coefficient (Wildman–Crippen LogP) is 2.18. The minimum atomic E-state index is 0.773. The first-order valence-corrected chi connectivity index (χ1v) is 4.92. The van der Waals surface area contributed by atoms with E-state index >= 15 is 0 Å². The third-order valence-corrected chi connectivity index (χ3v) is 2.24. The molecule has 0 aromatic carbocycles. The number of rotatable bonds is 3. The molecule has 1 fully saturated rings. The van der Waals surface area contributed by atoms with Crippen LogP contribution in [0.1, 0.15) is 24.3 Å². The highest BCUT2D eigenvalue weighted by atomic mass is 15.1. The highest BCUT2D eigenvalue weighted by molar-refractivity contribution is 5.58. The SMILES string of the molecule is CN(C)/C=N/c1ccc(C2CC2)cn1. The van der Waals surface area contributed by atoms with Gasteiger partial charge in [0.1, 0.15) is 0 Å². The molecule has 74 valence electrons. The van der Waals surface area contributed by atoms with Gasteiger partial charge < -0.3 is 4.90 Å². The van der Waals surface area contributed by atoms with E-state index in [1.165, 1.54) is 18.4 Å². The Morgan fingerprint density at radius 1 is 1.43 bits per heavy atom. The van der Waals surface area contributed by atoms with Crippen LogP contribution in [0.3, 0.4) is 0 Å². The maximum absolute atomic E-state index is 4.29. The molecule has 0 bridgehead atoms. The van der Waals surface area contributed by atoms with Gasteiger partial charge >= 0.3 is 0 Å². The number of hydrogen-bond acceptors (Lipinski definition) is 2. The molecule has 0 aliphatic heterocycles. The van der Waals surface area contributed by atoms with Crippen molar-refractivity contribution in [2.24, 2.45) is 4.99 Å². The molecule has 0 saturated heterocycles. The number of aliphatic imine (C=N–C) groups is 1. The van der Waals surface area contributed by atoms with Gasteiger partial charge in [0, 0.05) is 20.3 Å². The molecule has 0 amide bonds. The number of pyridine rings is 1. The Labute approximate surface area is 84.5 Å². The molecule has 0 atom stereocenters. The Balaban J connectivity index is 2.05. The number of nitrogens with zero attached hydrogens (tertiary/aromatic N) is 3. The lowest BCUT2D eigenvalue weighted by molar-refractivity contribution is 0.643. The van der Waals surface area contributed by atoms with Crippen molar-refractivity contribution >= 4 is 12.2 Å². The molecule has 1 aromatic rings. The average molecular weight is 189 g/mol. The summed E-state index contributed by atoms with van der Waals surface area (Å²) >= 11 is 0. The molecule has 0 unspecified atom stereocenters. The smallest absolute Gasteiger partial charge is 0.153 e. The molecular weight excluding hydrogens is 174 g/mol. The van der Waals surface area contributed by atoms with E-state index < -0.39 is 0 Å². The first-order valence-electron chi connectivity index (χ1n) is 4.92. The van der Waals surface area contributed by atoms with E-state index in [0.29, 0.717) is 0 Å². The Hall–Kier alpha value is -1.38. The Kier molecular flexibility index (Phi) is 2.48. The third-order valence-electron chi connectivity index (χ3n) is 2.24. The zero-order valence-electron chi connectivity index (χ0n) is 8.64. The second-order valence-electron chi connectivity index (χ2n) is 3.93. The summed E-state index contributed by atoms with van der Waals surface area (Å²) in [4.78, 5) is 10.4. The summed E-state index contributed by atoms with van der Waals surface area (Å²) in [7, 11) is 3.89. The fourth-order valence-corrected chi connectivity index (χ4v) is 1.31. The van der Waals surface area contributed by atoms with Gasteiger partial charge in [-0.2, -0.15) is 0 Å². The van der Waals surface area contributed by atoms with E-state index in [9.17, 15) is 0 Å². The largest absolute Gasteiger partial charge is 0.369 e. The summed E-state index contributed by atoms with van der Waals surface area (Å²) < 4.78 is 0. The van der Waals surface area contributed by atoms with Gasteiger partial charge in [0.05, 0.1) is 6.34 Å². The maximum Gasteiger partial charge on any atom is 0.153 e. The zero-order chi connectivity index (χ0) is 9.97. The monoisotopic (exact) mass is 189 g/mol. The molecule has 0 spiro atoms. The number of aromatic nitrogens is 1. The van der Waals surface area contributed by atoms with Gasteiger partial charge in [0.15, 0.2) is 5.82 Å². The lowest BCUT2D eigenvalue weighted by atomic mass is 10.2. The van der Waals surface area contributed by atoms with Gasteiger partial charge in [-0.25, -0.2) is 9.98 Å². The van der Waals surface area contributed by atoms with E-state index in [1.54, 1.807) is 6.34 Å². The normalized spacial score (nSPS) is 16.1. The van der Waals surface area contributed by atoms with Crippen LogP contribution in [0.25, 0.3) is 0 Å². The second-order valence-corrected chi connectivity index (χ2v) is 3.93. The summed E-state index contributed by atoms with van der Waals surface area (Å²) in [5.74, 6) is 1.55. The van der Waals surface area contributed by atoms with Crippen molar-refractivity contribution in [1.82, 2.24) is 9.88 Å². The molecule has 3 nitrogen and oxygen atoms in total. The van der Waals surface area contributed by atoms with Crippen molar-refractivity contribution in [3.05, 3.63) is 23.9 Å². The van der Waals surface area contributed by atoms with Gasteiger partial charge in [-0.05, 0) is 30.4 Å². The van der Waals surface area contributed by atoms with Crippen LogP contribution in [0.4, 0.5) is 5.82 Å². The third kappa shape index (κ3) is 2.31. The fraction of sp³-hybridized carbons (Fsp3) is 0.455. The first kappa shape index (κ1) is 9.19. The van der Waals surface area contributed by atoms with Crippen LogP contribution in [0.5, 0.6) is 0 Å². The highest BCUT2D eigenvalue weighted by Crippen LogP contribution is 2.39. The van der Waals surface area contributed by atoms with E-state index in [1.807, 2.05) is 31.3 Å². The van der Waals surface area contributed by atoms with Gasteiger partial charge in [0.2, 0.25) is 0 Å². The van der Waals surface area contributed by atoms with Crippen LogP contribution in [0.15, 0.2) is 23.3 Å². The van der Waals surface area contributed by atoms with Gasteiger partial charge in [-0.1, -0.05) is 6.07 Å². The topological polar surface area (TPSA) is 28.5 Å². The Morgan fingerprint density at radius 2 is 2.21 bits per heavy atom. The molecular formula is C11H15N3. The standard InChI is InChI=1S/C11H15N3/c1-14(2)8-13-11-6-5-10(7-12-11)9-3-4-9/h5-9H,3-4H2,1-2H3/b13-8+. The molecule has 0 radical (unpaired) electrons. The summed E-state index contributed by atoms with van der Waals surface area (Å²) in [6, 6.07) is 4.11.